The molecule has 0 bridgehead atoms. The lowest BCUT2D eigenvalue weighted by atomic mass is 10.1. The summed E-state index contributed by atoms with van der Waals surface area (Å²) < 4.78 is 12.6. The van der Waals surface area contributed by atoms with Crippen molar-refractivity contribution in [3.8, 4) is 22.8 Å². The average molecular weight is 394 g/mol. The highest BCUT2D eigenvalue weighted by molar-refractivity contribution is 7.15. The van der Waals surface area contributed by atoms with Gasteiger partial charge < -0.3 is 9.47 Å². The molecule has 0 unspecified atom stereocenters. The van der Waals surface area contributed by atoms with Crippen molar-refractivity contribution in [1.82, 2.24) is 14.6 Å². The normalized spacial score (nSPS) is 10.8. The lowest BCUT2D eigenvalue weighted by Gasteiger charge is -2.06. The fourth-order valence-electron chi connectivity index (χ4n) is 2.72. The number of hydrogen-bond donors (Lipinski definition) is 1. The Kier molecular flexibility index (Phi) is 4.94. The molecule has 2 aromatic carbocycles. The SMILES string of the molecule is COc1ccccc1-c1csc2nc(NC(=O)COc3ccc(C)cc3)nn12. The first-order chi connectivity index (χ1) is 13.6. The van der Waals surface area contributed by atoms with Crippen LogP contribution < -0.4 is 14.8 Å². The number of fused-ring (bicyclic) bond motifs is 1. The van der Waals surface area contributed by atoms with Gasteiger partial charge in [0.15, 0.2) is 6.61 Å². The van der Waals surface area contributed by atoms with Crippen molar-refractivity contribution in [3.05, 3.63) is 59.5 Å². The maximum Gasteiger partial charge on any atom is 0.264 e. The minimum absolute atomic E-state index is 0.116. The van der Waals surface area contributed by atoms with Crippen molar-refractivity contribution < 1.29 is 14.3 Å². The Morgan fingerprint density at radius 1 is 1.18 bits per heavy atom. The number of anilines is 1. The van der Waals surface area contributed by atoms with Crippen LogP contribution in [0.1, 0.15) is 5.56 Å². The zero-order chi connectivity index (χ0) is 19.5. The second kappa shape index (κ2) is 7.69. The number of benzene rings is 2. The summed E-state index contributed by atoms with van der Waals surface area (Å²) in [5.41, 5.74) is 2.88. The summed E-state index contributed by atoms with van der Waals surface area (Å²) in [5.74, 6) is 1.30. The number of aromatic nitrogens is 3. The van der Waals surface area contributed by atoms with Crippen LogP contribution in [0.15, 0.2) is 53.9 Å². The molecule has 4 rings (SSSR count). The van der Waals surface area contributed by atoms with Crippen LogP contribution in [0.4, 0.5) is 5.95 Å². The van der Waals surface area contributed by atoms with Crippen LogP contribution in [0.5, 0.6) is 11.5 Å². The molecule has 0 saturated heterocycles. The average Bonchev–Trinajstić information content (AvgIpc) is 3.27. The standard InChI is InChI=1S/C20H18N4O3S/c1-13-7-9-14(10-8-13)27-11-18(25)21-19-22-20-24(23-19)16(12-28-20)15-5-3-4-6-17(15)26-2/h3-10,12H,11H2,1-2H3,(H,21,23,25). The molecule has 1 amide bonds. The number of hydrogen-bond acceptors (Lipinski definition) is 6. The van der Waals surface area contributed by atoms with Gasteiger partial charge in [0.2, 0.25) is 4.96 Å². The Morgan fingerprint density at radius 3 is 2.75 bits per heavy atom. The van der Waals surface area contributed by atoms with Crippen LogP contribution in [0.3, 0.4) is 0 Å². The Morgan fingerprint density at radius 2 is 1.96 bits per heavy atom. The number of nitrogens with zero attached hydrogens (tertiary/aromatic N) is 3. The van der Waals surface area contributed by atoms with E-state index >= 15 is 0 Å². The summed E-state index contributed by atoms with van der Waals surface area (Å²) in [6, 6.07) is 15.2. The lowest BCUT2D eigenvalue weighted by molar-refractivity contribution is -0.118. The summed E-state index contributed by atoms with van der Waals surface area (Å²) in [4.78, 5) is 17.2. The first-order valence-corrected chi connectivity index (χ1v) is 9.49. The van der Waals surface area contributed by atoms with E-state index in [1.54, 1.807) is 11.6 Å². The number of methoxy groups -OCH3 is 1. The molecule has 8 heteroatoms. The van der Waals surface area contributed by atoms with E-state index in [9.17, 15) is 4.79 Å². The van der Waals surface area contributed by atoms with E-state index < -0.39 is 0 Å². The molecule has 28 heavy (non-hydrogen) atoms. The fraction of sp³-hybridized carbons (Fsp3) is 0.150. The van der Waals surface area contributed by atoms with Gasteiger partial charge in [-0.15, -0.1) is 16.4 Å². The van der Waals surface area contributed by atoms with Gasteiger partial charge in [-0.3, -0.25) is 10.1 Å². The highest BCUT2D eigenvalue weighted by Gasteiger charge is 2.16. The Hall–Kier alpha value is -3.39. The zero-order valence-electron chi connectivity index (χ0n) is 15.4. The molecule has 0 fully saturated rings. The molecule has 4 aromatic rings. The monoisotopic (exact) mass is 394 g/mol. The summed E-state index contributed by atoms with van der Waals surface area (Å²) in [5, 5.41) is 9.04. The van der Waals surface area contributed by atoms with Gasteiger partial charge in [0.1, 0.15) is 11.5 Å². The number of thiazole rings is 1. The summed E-state index contributed by atoms with van der Waals surface area (Å²) in [6.45, 7) is 1.88. The smallest absolute Gasteiger partial charge is 0.264 e. The largest absolute Gasteiger partial charge is 0.496 e. The molecule has 0 spiro atoms. The third-order valence-corrected chi connectivity index (χ3v) is 4.92. The zero-order valence-corrected chi connectivity index (χ0v) is 16.2. The number of nitrogens with one attached hydrogen (secondary N) is 1. The Bertz CT molecular complexity index is 1120. The van der Waals surface area contributed by atoms with Crippen LogP contribution in [0.2, 0.25) is 0 Å². The first kappa shape index (κ1) is 18.0. The van der Waals surface area contributed by atoms with Gasteiger partial charge in [-0.2, -0.15) is 4.98 Å². The van der Waals surface area contributed by atoms with Crippen molar-refractivity contribution in [3.63, 3.8) is 0 Å². The van der Waals surface area contributed by atoms with E-state index in [2.05, 4.69) is 15.4 Å². The van der Waals surface area contributed by atoms with Crippen molar-refractivity contribution >= 4 is 28.2 Å². The van der Waals surface area contributed by atoms with Gasteiger partial charge in [0.25, 0.3) is 11.9 Å². The van der Waals surface area contributed by atoms with Crippen molar-refractivity contribution in [1.29, 1.82) is 0 Å². The maximum atomic E-state index is 12.2. The summed E-state index contributed by atoms with van der Waals surface area (Å²) in [7, 11) is 1.63. The topological polar surface area (TPSA) is 77.8 Å². The fourth-order valence-corrected chi connectivity index (χ4v) is 3.54. The summed E-state index contributed by atoms with van der Waals surface area (Å²) in [6.07, 6.45) is 0. The number of amides is 1. The quantitative estimate of drug-likeness (QED) is 0.538. The lowest BCUT2D eigenvalue weighted by Crippen LogP contribution is -2.20. The minimum Gasteiger partial charge on any atom is -0.496 e. The molecular weight excluding hydrogens is 376 g/mol. The molecule has 0 atom stereocenters. The van der Waals surface area contributed by atoms with Crippen LogP contribution in [0.25, 0.3) is 16.2 Å². The molecule has 0 aliphatic rings. The van der Waals surface area contributed by atoms with Crippen LogP contribution >= 0.6 is 11.3 Å². The first-order valence-electron chi connectivity index (χ1n) is 8.61. The van der Waals surface area contributed by atoms with Gasteiger partial charge >= 0.3 is 0 Å². The number of carbonyl (C=O) groups excluding carboxylic acids is 1. The van der Waals surface area contributed by atoms with Gasteiger partial charge in [-0.05, 0) is 31.2 Å². The van der Waals surface area contributed by atoms with Crippen molar-refractivity contribution in [2.24, 2.45) is 0 Å². The van der Waals surface area contributed by atoms with Gasteiger partial charge in [-0.25, -0.2) is 4.52 Å². The highest BCUT2D eigenvalue weighted by atomic mass is 32.1. The molecule has 0 aliphatic carbocycles. The van der Waals surface area contributed by atoms with Crippen molar-refractivity contribution in [2.75, 3.05) is 19.0 Å². The van der Waals surface area contributed by atoms with Crippen LogP contribution in [-0.2, 0) is 4.79 Å². The molecule has 7 nitrogen and oxygen atoms in total. The number of para-hydroxylation sites is 1. The molecule has 0 aliphatic heterocycles. The maximum absolute atomic E-state index is 12.2. The second-order valence-corrected chi connectivity index (χ2v) is 6.94. The molecule has 0 saturated carbocycles. The predicted octanol–water partition coefficient (Wildman–Crippen LogP) is 3.79. The van der Waals surface area contributed by atoms with Gasteiger partial charge in [0, 0.05) is 10.9 Å². The van der Waals surface area contributed by atoms with E-state index in [0.29, 0.717) is 10.7 Å². The number of rotatable bonds is 6. The number of carbonyl (C=O) groups is 1. The molecule has 2 heterocycles. The third-order valence-electron chi connectivity index (χ3n) is 4.11. The minimum atomic E-state index is -0.322. The Labute approximate surface area is 165 Å². The van der Waals surface area contributed by atoms with E-state index in [4.69, 9.17) is 9.47 Å². The molecule has 142 valence electrons. The predicted molar refractivity (Wildman–Crippen MR) is 108 cm³/mol. The summed E-state index contributed by atoms with van der Waals surface area (Å²) >= 11 is 1.44. The molecule has 1 N–H and O–H groups in total. The van der Waals surface area contributed by atoms with E-state index in [-0.39, 0.29) is 18.5 Å². The van der Waals surface area contributed by atoms with Crippen LogP contribution in [0, 0.1) is 6.92 Å². The van der Waals surface area contributed by atoms with Gasteiger partial charge in [-0.1, -0.05) is 29.8 Å². The Balaban J connectivity index is 1.48. The number of aryl methyl sites for hydroxylation is 1. The molecule has 2 aromatic heterocycles. The van der Waals surface area contributed by atoms with E-state index in [0.717, 1.165) is 22.6 Å². The molecular formula is C20H18N4O3S. The van der Waals surface area contributed by atoms with E-state index in [1.807, 2.05) is 60.8 Å². The van der Waals surface area contributed by atoms with Gasteiger partial charge in [0.05, 0.1) is 12.8 Å². The second-order valence-electron chi connectivity index (χ2n) is 6.10. The van der Waals surface area contributed by atoms with Crippen LogP contribution in [-0.4, -0.2) is 34.2 Å². The highest BCUT2D eigenvalue weighted by Crippen LogP contribution is 2.32. The van der Waals surface area contributed by atoms with E-state index in [1.165, 1.54) is 11.3 Å². The van der Waals surface area contributed by atoms with Crippen molar-refractivity contribution in [2.45, 2.75) is 6.92 Å². The molecule has 0 radical (unpaired) electrons. The number of ether oxygens (including phenoxy) is 2. The third kappa shape index (κ3) is 3.67.